The average Bonchev–Trinajstić information content (AvgIpc) is 2.65. The number of imidazole rings is 1. The van der Waals surface area contributed by atoms with Gasteiger partial charge in [-0.3, -0.25) is 4.79 Å². The molecule has 0 radical (unpaired) electrons. The van der Waals surface area contributed by atoms with Crippen molar-refractivity contribution in [2.75, 3.05) is 13.7 Å². The summed E-state index contributed by atoms with van der Waals surface area (Å²) in [5.41, 5.74) is 0. The minimum atomic E-state index is 0.0916. The zero-order valence-corrected chi connectivity index (χ0v) is 8.69. The summed E-state index contributed by atoms with van der Waals surface area (Å²) in [4.78, 5) is 15.7. The molecule has 1 rings (SSSR count). The number of methoxy groups -OCH3 is 1. The van der Waals surface area contributed by atoms with Crippen molar-refractivity contribution < 1.29 is 9.53 Å². The number of carbonyl (C=O) groups is 1. The van der Waals surface area contributed by atoms with Gasteiger partial charge < -0.3 is 9.30 Å². The summed E-state index contributed by atoms with van der Waals surface area (Å²) in [7, 11) is 1.64. The molecule has 0 saturated heterocycles. The van der Waals surface area contributed by atoms with Gasteiger partial charge in [0, 0.05) is 39.1 Å². The topological polar surface area (TPSA) is 44.1 Å². The Morgan fingerprint density at radius 2 is 2.43 bits per heavy atom. The Morgan fingerprint density at radius 1 is 1.64 bits per heavy atom. The quantitative estimate of drug-likeness (QED) is 0.511. The lowest BCUT2D eigenvalue weighted by molar-refractivity contribution is 0.0949. The number of ether oxygens (including phenoxy) is 1. The smallest absolute Gasteiger partial charge is 0.198 e. The third-order valence-corrected chi connectivity index (χ3v) is 2.06. The molecule has 0 unspecified atom stereocenters. The van der Waals surface area contributed by atoms with E-state index in [4.69, 9.17) is 4.74 Å². The van der Waals surface area contributed by atoms with Crippen molar-refractivity contribution in [3.8, 4) is 0 Å². The molecule has 0 aliphatic carbocycles. The van der Waals surface area contributed by atoms with Crippen LogP contribution in [0.5, 0.6) is 0 Å². The van der Waals surface area contributed by atoms with Gasteiger partial charge in [0.2, 0.25) is 0 Å². The lowest BCUT2D eigenvalue weighted by Crippen LogP contribution is -2.09. The van der Waals surface area contributed by atoms with Crippen LogP contribution in [0.2, 0.25) is 0 Å². The number of Topliss-reactive ketones (excluding diaryl/α,β-unsaturated/α-hetero) is 1. The van der Waals surface area contributed by atoms with E-state index in [-0.39, 0.29) is 5.78 Å². The number of nitrogens with zero attached hydrogens (tertiary/aromatic N) is 2. The van der Waals surface area contributed by atoms with Gasteiger partial charge in [-0.05, 0) is 13.3 Å². The predicted octanol–water partition coefficient (Wildman–Crippen LogP) is 1.51. The molecule has 4 nitrogen and oxygen atoms in total. The number of hydrogen-bond donors (Lipinski definition) is 0. The van der Waals surface area contributed by atoms with Crippen LogP contribution >= 0.6 is 0 Å². The SMILES string of the molecule is CCn1ccnc1C(=O)CCCOC. The van der Waals surface area contributed by atoms with Crippen molar-refractivity contribution in [1.82, 2.24) is 9.55 Å². The normalized spacial score (nSPS) is 10.4. The molecule has 0 aromatic carbocycles. The molecule has 78 valence electrons. The predicted molar refractivity (Wildman–Crippen MR) is 53.3 cm³/mol. The van der Waals surface area contributed by atoms with E-state index in [0.29, 0.717) is 18.9 Å². The third-order valence-electron chi connectivity index (χ3n) is 2.06. The zero-order valence-electron chi connectivity index (χ0n) is 8.69. The molecule has 0 saturated carbocycles. The van der Waals surface area contributed by atoms with E-state index in [9.17, 15) is 4.79 Å². The van der Waals surface area contributed by atoms with Gasteiger partial charge >= 0.3 is 0 Å². The van der Waals surface area contributed by atoms with Crippen molar-refractivity contribution >= 4 is 5.78 Å². The van der Waals surface area contributed by atoms with Crippen molar-refractivity contribution in [2.24, 2.45) is 0 Å². The van der Waals surface area contributed by atoms with Crippen LogP contribution in [-0.4, -0.2) is 29.1 Å². The molecule has 1 aromatic rings. The van der Waals surface area contributed by atoms with Crippen LogP contribution in [0.25, 0.3) is 0 Å². The molecule has 0 bridgehead atoms. The van der Waals surface area contributed by atoms with Crippen molar-refractivity contribution in [1.29, 1.82) is 0 Å². The largest absolute Gasteiger partial charge is 0.385 e. The average molecular weight is 196 g/mol. The van der Waals surface area contributed by atoms with Crippen LogP contribution in [0.4, 0.5) is 0 Å². The van der Waals surface area contributed by atoms with Crippen molar-refractivity contribution in [3.63, 3.8) is 0 Å². The van der Waals surface area contributed by atoms with E-state index in [1.165, 1.54) is 0 Å². The molecular weight excluding hydrogens is 180 g/mol. The van der Waals surface area contributed by atoms with E-state index >= 15 is 0 Å². The number of aromatic nitrogens is 2. The number of ketones is 1. The summed E-state index contributed by atoms with van der Waals surface area (Å²) in [5, 5.41) is 0. The molecule has 0 amide bonds. The van der Waals surface area contributed by atoms with Gasteiger partial charge in [-0.25, -0.2) is 4.98 Å². The van der Waals surface area contributed by atoms with E-state index in [1.54, 1.807) is 13.3 Å². The van der Waals surface area contributed by atoms with Gasteiger partial charge in [-0.1, -0.05) is 0 Å². The maximum absolute atomic E-state index is 11.6. The second-order valence-electron chi connectivity index (χ2n) is 3.06. The highest BCUT2D eigenvalue weighted by Crippen LogP contribution is 2.03. The highest BCUT2D eigenvalue weighted by molar-refractivity contribution is 5.92. The Balaban J connectivity index is 2.51. The lowest BCUT2D eigenvalue weighted by Gasteiger charge is -2.03. The Labute approximate surface area is 83.9 Å². The minimum Gasteiger partial charge on any atom is -0.385 e. The first-order valence-electron chi connectivity index (χ1n) is 4.82. The fourth-order valence-electron chi connectivity index (χ4n) is 1.31. The Bertz CT molecular complexity index is 294. The maximum atomic E-state index is 11.6. The molecule has 14 heavy (non-hydrogen) atoms. The van der Waals surface area contributed by atoms with Crippen LogP contribution in [0.1, 0.15) is 30.4 Å². The summed E-state index contributed by atoms with van der Waals surface area (Å²) in [6.45, 7) is 3.40. The summed E-state index contributed by atoms with van der Waals surface area (Å²) in [5.74, 6) is 0.650. The maximum Gasteiger partial charge on any atom is 0.198 e. The highest BCUT2D eigenvalue weighted by Gasteiger charge is 2.10. The molecule has 1 heterocycles. The van der Waals surface area contributed by atoms with E-state index in [0.717, 1.165) is 13.0 Å². The van der Waals surface area contributed by atoms with Gasteiger partial charge in [0.25, 0.3) is 0 Å². The van der Waals surface area contributed by atoms with Crippen LogP contribution in [0.15, 0.2) is 12.4 Å². The number of rotatable bonds is 6. The minimum absolute atomic E-state index is 0.0916. The van der Waals surface area contributed by atoms with Gasteiger partial charge in [0.15, 0.2) is 11.6 Å². The number of carbonyl (C=O) groups excluding carboxylic acids is 1. The fourth-order valence-corrected chi connectivity index (χ4v) is 1.31. The Kier molecular flexibility index (Phi) is 4.32. The number of hydrogen-bond acceptors (Lipinski definition) is 3. The molecule has 0 spiro atoms. The number of aryl methyl sites for hydroxylation is 1. The molecule has 0 aliphatic heterocycles. The van der Waals surface area contributed by atoms with E-state index < -0.39 is 0 Å². The van der Waals surface area contributed by atoms with Gasteiger partial charge in [-0.15, -0.1) is 0 Å². The van der Waals surface area contributed by atoms with Gasteiger partial charge in [0.05, 0.1) is 0 Å². The molecule has 1 aromatic heterocycles. The van der Waals surface area contributed by atoms with Crippen molar-refractivity contribution in [2.45, 2.75) is 26.3 Å². The van der Waals surface area contributed by atoms with Crippen LogP contribution in [0.3, 0.4) is 0 Å². The van der Waals surface area contributed by atoms with Crippen LogP contribution < -0.4 is 0 Å². The van der Waals surface area contributed by atoms with Crippen LogP contribution in [-0.2, 0) is 11.3 Å². The molecule has 0 N–H and O–H groups in total. The standard InChI is InChI=1S/C10H16N2O2/c1-3-12-7-6-11-10(12)9(13)5-4-8-14-2/h6-7H,3-5,8H2,1-2H3. The summed E-state index contributed by atoms with van der Waals surface area (Å²) >= 11 is 0. The Morgan fingerprint density at radius 3 is 3.07 bits per heavy atom. The molecule has 4 heteroatoms. The third kappa shape index (κ3) is 2.67. The fraction of sp³-hybridized carbons (Fsp3) is 0.600. The van der Waals surface area contributed by atoms with Gasteiger partial charge in [-0.2, -0.15) is 0 Å². The highest BCUT2D eigenvalue weighted by atomic mass is 16.5. The first-order chi connectivity index (χ1) is 6.79. The van der Waals surface area contributed by atoms with E-state index in [2.05, 4.69) is 4.98 Å². The lowest BCUT2D eigenvalue weighted by atomic mass is 10.2. The monoisotopic (exact) mass is 196 g/mol. The molecule has 0 fully saturated rings. The first kappa shape index (κ1) is 10.9. The van der Waals surface area contributed by atoms with E-state index in [1.807, 2.05) is 17.7 Å². The Hall–Kier alpha value is -1.16. The summed E-state index contributed by atoms with van der Waals surface area (Å²) < 4.78 is 6.74. The van der Waals surface area contributed by atoms with Gasteiger partial charge in [0.1, 0.15) is 0 Å². The van der Waals surface area contributed by atoms with Crippen molar-refractivity contribution in [3.05, 3.63) is 18.2 Å². The zero-order chi connectivity index (χ0) is 10.4. The van der Waals surface area contributed by atoms with Crippen LogP contribution in [0, 0.1) is 0 Å². The molecule has 0 aliphatic rings. The molecule has 0 atom stereocenters. The first-order valence-corrected chi connectivity index (χ1v) is 4.82. The summed E-state index contributed by atoms with van der Waals surface area (Å²) in [6, 6.07) is 0. The summed E-state index contributed by atoms with van der Waals surface area (Å²) in [6.07, 6.45) is 4.74. The second kappa shape index (κ2) is 5.54. The molecular formula is C10H16N2O2. The second-order valence-corrected chi connectivity index (χ2v) is 3.06.